The lowest BCUT2D eigenvalue weighted by atomic mass is 10.1. The van der Waals surface area contributed by atoms with Gasteiger partial charge in [-0.2, -0.15) is 0 Å². The number of primary sulfonamides is 1. The highest BCUT2D eigenvalue weighted by atomic mass is 35.5. The Morgan fingerprint density at radius 3 is 2.38 bits per heavy atom. The van der Waals surface area contributed by atoms with E-state index in [0.29, 0.717) is 0 Å². The van der Waals surface area contributed by atoms with Crippen molar-refractivity contribution in [2.24, 2.45) is 5.14 Å². The molecule has 0 aliphatic heterocycles. The Bertz CT molecular complexity index is 773. The molecular weight excluding hydrogens is 344 g/mol. The third-order valence-corrected chi connectivity index (χ3v) is 5.10. The van der Waals surface area contributed by atoms with E-state index in [0.717, 1.165) is 12.1 Å². The van der Waals surface area contributed by atoms with E-state index in [1.165, 1.54) is 6.92 Å². The van der Waals surface area contributed by atoms with E-state index < -0.39 is 38.3 Å². The zero-order chi connectivity index (χ0) is 16.4. The molecule has 8 nitrogen and oxygen atoms in total. The Morgan fingerprint density at radius 2 is 1.90 bits per heavy atom. The number of carbonyl (C=O) groups is 1. The largest absolute Gasteiger partial charge is 0.478 e. The molecule has 0 atom stereocenters. The molecule has 0 amide bonds. The van der Waals surface area contributed by atoms with Gasteiger partial charge in [-0.25, -0.2) is 31.5 Å². The van der Waals surface area contributed by atoms with Crippen molar-refractivity contribution in [3.8, 4) is 0 Å². The maximum Gasteiger partial charge on any atom is 0.336 e. The number of hydrogen-bond acceptors (Lipinski definition) is 5. The maximum absolute atomic E-state index is 12.1. The minimum absolute atomic E-state index is 0.00462. The summed E-state index contributed by atoms with van der Waals surface area (Å²) in [6.45, 7) is 0.879. The zero-order valence-corrected chi connectivity index (χ0v) is 13.2. The summed E-state index contributed by atoms with van der Waals surface area (Å²) in [5.74, 6) is -1.91. The summed E-state index contributed by atoms with van der Waals surface area (Å²) < 4.78 is 47.7. The molecule has 118 valence electrons. The molecule has 1 aromatic carbocycles. The van der Waals surface area contributed by atoms with E-state index in [4.69, 9.17) is 21.8 Å². The number of rotatable bonds is 6. The van der Waals surface area contributed by atoms with Gasteiger partial charge in [0.25, 0.3) is 0 Å². The molecule has 0 saturated heterocycles. The molecule has 11 heteroatoms. The fourth-order valence-corrected chi connectivity index (χ4v) is 3.67. The average molecular weight is 357 g/mol. The van der Waals surface area contributed by atoms with Crippen molar-refractivity contribution < 1.29 is 26.7 Å². The first kappa shape index (κ1) is 17.9. The number of halogens is 1. The molecule has 0 aliphatic carbocycles. The zero-order valence-electron chi connectivity index (χ0n) is 10.8. The first-order valence-electron chi connectivity index (χ1n) is 5.47. The third-order valence-electron chi connectivity index (χ3n) is 2.52. The molecule has 0 bridgehead atoms. The lowest BCUT2D eigenvalue weighted by Gasteiger charge is -2.11. The predicted molar refractivity (Wildman–Crippen MR) is 76.3 cm³/mol. The topological polar surface area (TPSA) is 144 Å². The molecule has 0 radical (unpaired) electrons. The number of benzene rings is 1. The summed E-state index contributed by atoms with van der Waals surface area (Å²) in [4.78, 5) is 10.7. The van der Waals surface area contributed by atoms with Crippen molar-refractivity contribution in [1.29, 1.82) is 0 Å². The van der Waals surface area contributed by atoms with Crippen LogP contribution in [0.15, 0.2) is 17.0 Å². The van der Waals surface area contributed by atoms with Crippen LogP contribution >= 0.6 is 11.6 Å². The van der Waals surface area contributed by atoms with Gasteiger partial charge in [0, 0.05) is 11.6 Å². The Balaban J connectivity index is 3.17. The van der Waals surface area contributed by atoms with Crippen molar-refractivity contribution in [3.05, 3.63) is 28.3 Å². The maximum atomic E-state index is 12.1. The Hall–Kier alpha value is -1.20. The number of carboxylic acid groups (broad SMARTS) is 1. The van der Waals surface area contributed by atoms with Gasteiger partial charge in [0.2, 0.25) is 20.0 Å². The van der Waals surface area contributed by atoms with Gasteiger partial charge in [0.1, 0.15) is 0 Å². The summed E-state index contributed by atoms with van der Waals surface area (Å²) >= 11 is 5.71. The number of hydrogen-bond donors (Lipinski definition) is 3. The second-order valence-electron chi connectivity index (χ2n) is 4.15. The molecule has 0 fully saturated rings. The molecule has 0 spiro atoms. The molecular formula is C10H13ClN2O6S2. The lowest BCUT2D eigenvalue weighted by Crippen LogP contribution is -2.32. The molecule has 0 heterocycles. The number of nitrogens with one attached hydrogen (secondary N) is 1. The number of aromatic carboxylic acids is 1. The highest BCUT2D eigenvalue weighted by Crippen LogP contribution is 2.24. The Morgan fingerprint density at radius 1 is 1.33 bits per heavy atom. The fraction of sp³-hybridized carbons (Fsp3) is 0.300. The molecule has 21 heavy (non-hydrogen) atoms. The van der Waals surface area contributed by atoms with Crippen LogP contribution in [0.25, 0.3) is 0 Å². The predicted octanol–water partition coefficient (Wildman–Crippen LogP) is -0.0866. The van der Waals surface area contributed by atoms with Gasteiger partial charge in [-0.1, -0.05) is 11.6 Å². The number of nitrogens with two attached hydrogens (primary N) is 1. The molecule has 1 aromatic rings. The van der Waals surface area contributed by atoms with Crippen molar-refractivity contribution in [3.63, 3.8) is 0 Å². The van der Waals surface area contributed by atoms with Crippen LogP contribution in [0.1, 0.15) is 15.9 Å². The van der Waals surface area contributed by atoms with Gasteiger partial charge in [0.05, 0.1) is 16.2 Å². The molecule has 0 aliphatic rings. The second-order valence-corrected chi connectivity index (χ2v) is 8.05. The van der Waals surface area contributed by atoms with E-state index in [1.807, 2.05) is 4.72 Å². The summed E-state index contributed by atoms with van der Waals surface area (Å²) in [6.07, 6.45) is 0. The van der Waals surface area contributed by atoms with Gasteiger partial charge >= 0.3 is 5.97 Å². The van der Waals surface area contributed by atoms with Gasteiger partial charge < -0.3 is 5.11 Å². The van der Waals surface area contributed by atoms with E-state index >= 15 is 0 Å². The summed E-state index contributed by atoms with van der Waals surface area (Å²) in [6, 6.07) is 2.21. The van der Waals surface area contributed by atoms with Crippen LogP contribution in [-0.4, -0.2) is 40.2 Å². The van der Waals surface area contributed by atoms with Crippen LogP contribution in [0.5, 0.6) is 0 Å². The molecule has 0 saturated carbocycles. The second kappa shape index (κ2) is 6.28. The van der Waals surface area contributed by atoms with Crippen molar-refractivity contribution in [2.75, 3.05) is 12.3 Å². The fourth-order valence-electron chi connectivity index (χ4n) is 1.55. The first-order chi connectivity index (χ1) is 9.44. The van der Waals surface area contributed by atoms with Crippen LogP contribution in [0, 0.1) is 6.92 Å². The average Bonchev–Trinajstić information content (AvgIpc) is 2.29. The van der Waals surface area contributed by atoms with Crippen LogP contribution < -0.4 is 9.86 Å². The van der Waals surface area contributed by atoms with E-state index in [2.05, 4.69) is 0 Å². The van der Waals surface area contributed by atoms with Gasteiger partial charge in [0.15, 0.2) is 0 Å². The molecule has 0 aromatic heterocycles. The van der Waals surface area contributed by atoms with Crippen LogP contribution in [-0.2, 0) is 20.0 Å². The quantitative estimate of drug-likeness (QED) is 0.650. The lowest BCUT2D eigenvalue weighted by molar-refractivity contribution is 0.0695. The monoisotopic (exact) mass is 356 g/mol. The standard InChI is InChI=1S/C10H13ClN2O6S2/c1-6-8(10(14)15)4-7(11)5-9(6)21(18,19)13-2-3-20(12,16)17/h4-5,13H,2-3H2,1H3,(H,14,15)(H2,12,16,17). The number of carboxylic acids is 1. The van der Waals surface area contributed by atoms with Crippen molar-refractivity contribution >= 4 is 37.6 Å². The van der Waals surface area contributed by atoms with Crippen molar-refractivity contribution in [2.45, 2.75) is 11.8 Å². The van der Waals surface area contributed by atoms with Crippen LogP contribution in [0.4, 0.5) is 0 Å². The summed E-state index contributed by atoms with van der Waals surface area (Å²) in [5.41, 5.74) is -0.260. The van der Waals surface area contributed by atoms with Crippen LogP contribution in [0.2, 0.25) is 5.02 Å². The highest BCUT2D eigenvalue weighted by molar-refractivity contribution is 7.90. The van der Waals surface area contributed by atoms with Gasteiger partial charge in [-0.15, -0.1) is 0 Å². The normalized spacial score (nSPS) is 12.3. The minimum Gasteiger partial charge on any atom is -0.478 e. The third kappa shape index (κ3) is 4.93. The Kier molecular flexibility index (Phi) is 5.34. The minimum atomic E-state index is -4.11. The SMILES string of the molecule is Cc1c(C(=O)O)cc(Cl)cc1S(=O)(=O)NCCS(N)(=O)=O. The van der Waals surface area contributed by atoms with E-state index in [1.54, 1.807) is 0 Å². The van der Waals surface area contributed by atoms with E-state index in [-0.39, 0.29) is 21.0 Å². The highest BCUT2D eigenvalue weighted by Gasteiger charge is 2.22. The molecule has 4 N–H and O–H groups in total. The van der Waals surface area contributed by atoms with Crippen LogP contribution in [0.3, 0.4) is 0 Å². The summed E-state index contributed by atoms with van der Waals surface area (Å²) in [7, 11) is -7.93. The molecule has 0 unspecified atom stereocenters. The Labute approximate surface area is 127 Å². The smallest absolute Gasteiger partial charge is 0.336 e. The van der Waals surface area contributed by atoms with Gasteiger partial charge in [-0.05, 0) is 24.6 Å². The summed E-state index contributed by atoms with van der Waals surface area (Å²) in [5, 5.41) is 13.7. The first-order valence-corrected chi connectivity index (χ1v) is 9.05. The number of sulfonamides is 2. The van der Waals surface area contributed by atoms with Gasteiger partial charge in [-0.3, -0.25) is 0 Å². The molecule has 1 rings (SSSR count). The van der Waals surface area contributed by atoms with Crippen molar-refractivity contribution in [1.82, 2.24) is 4.72 Å². The van der Waals surface area contributed by atoms with E-state index in [9.17, 15) is 21.6 Å².